The maximum Gasteiger partial charge on any atom is 0.303 e. The number of hydrazone groups is 1. The van der Waals surface area contributed by atoms with Gasteiger partial charge in [-0.05, 0) is 19.3 Å². The van der Waals surface area contributed by atoms with E-state index in [0.717, 1.165) is 25.7 Å². The van der Waals surface area contributed by atoms with Crippen LogP contribution in [0, 0.1) is 5.41 Å². The monoisotopic (exact) mass is 342 g/mol. The average molecular weight is 343 g/mol. The fourth-order valence-electron chi connectivity index (χ4n) is 2.08. The Kier molecular flexibility index (Phi) is 22.0. The number of unbranched alkanes of at least 4 members (excludes halogenated alkanes) is 10. The summed E-state index contributed by atoms with van der Waals surface area (Å²) in [5.74, 6) is -0.786. The van der Waals surface area contributed by atoms with Gasteiger partial charge in [-0.1, -0.05) is 71.6 Å². The van der Waals surface area contributed by atoms with E-state index in [1.54, 1.807) is 6.21 Å². The maximum absolute atomic E-state index is 9.87. The van der Waals surface area contributed by atoms with Crippen LogP contribution in [0.2, 0.25) is 0 Å². The third kappa shape index (κ3) is 28.6. The quantitative estimate of drug-likeness (QED) is 0.159. The van der Waals surface area contributed by atoms with E-state index < -0.39 is 5.97 Å². The minimum atomic E-state index is -0.682. The van der Waals surface area contributed by atoms with Crippen LogP contribution >= 0.6 is 0 Å². The molecule has 0 spiro atoms. The molecule has 0 aliphatic heterocycles. The van der Waals surface area contributed by atoms with E-state index in [-0.39, 0.29) is 5.96 Å². The summed E-state index contributed by atoms with van der Waals surface area (Å²) in [6.45, 7) is 4.30. The second kappa shape index (κ2) is 21.4. The molecular formula is C18H38N4O2. The first-order valence-corrected chi connectivity index (χ1v) is 9.37. The summed E-state index contributed by atoms with van der Waals surface area (Å²) in [5.41, 5.74) is 7.47. The standard InChI is InChI=1S/C12H26N4.C6H12O2/c1-2-3-4-5-6-7-8-9-10-11-15-16-12(13)14;1-2-3-4-5-6(7)8/h11H,2-10H2,1H3,(H4,13,14,16);2-5H2,1H3,(H,7,8). The van der Waals surface area contributed by atoms with Crippen LogP contribution in [0.3, 0.4) is 0 Å². The van der Waals surface area contributed by atoms with Crippen LogP contribution in [0.5, 0.6) is 0 Å². The van der Waals surface area contributed by atoms with Gasteiger partial charge in [0, 0.05) is 12.6 Å². The van der Waals surface area contributed by atoms with Crippen LogP contribution < -0.4 is 11.2 Å². The summed E-state index contributed by atoms with van der Waals surface area (Å²) in [6.07, 6.45) is 16.7. The molecule has 0 heterocycles. The largest absolute Gasteiger partial charge is 0.481 e. The average Bonchev–Trinajstić information content (AvgIpc) is 2.53. The van der Waals surface area contributed by atoms with Crippen LogP contribution in [-0.2, 0) is 4.79 Å². The van der Waals surface area contributed by atoms with Gasteiger partial charge in [-0.15, -0.1) is 0 Å². The first-order valence-electron chi connectivity index (χ1n) is 9.37. The van der Waals surface area contributed by atoms with E-state index in [2.05, 4.69) is 24.4 Å². The molecule has 0 unspecified atom stereocenters. The molecule has 0 fully saturated rings. The normalized spacial score (nSPS) is 10.2. The number of hydrogen-bond donors (Lipinski definition) is 4. The van der Waals surface area contributed by atoms with Crippen molar-refractivity contribution in [2.75, 3.05) is 0 Å². The van der Waals surface area contributed by atoms with Gasteiger partial charge in [-0.2, -0.15) is 5.10 Å². The summed E-state index contributed by atoms with van der Waals surface area (Å²) in [4.78, 5) is 9.87. The van der Waals surface area contributed by atoms with E-state index in [9.17, 15) is 4.79 Å². The molecule has 6 nitrogen and oxygen atoms in total. The van der Waals surface area contributed by atoms with E-state index in [4.69, 9.17) is 16.2 Å². The molecule has 0 aliphatic carbocycles. The van der Waals surface area contributed by atoms with Gasteiger partial charge in [0.05, 0.1) is 0 Å². The van der Waals surface area contributed by atoms with Crippen molar-refractivity contribution in [1.82, 2.24) is 5.43 Å². The highest BCUT2D eigenvalue weighted by atomic mass is 16.4. The van der Waals surface area contributed by atoms with Crippen LogP contribution in [0.4, 0.5) is 0 Å². The molecule has 6 heteroatoms. The molecule has 0 radical (unpaired) electrons. The highest BCUT2D eigenvalue weighted by Crippen LogP contribution is 2.08. The van der Waals surface area contributed by atoms with Crippen molar-refractivity contribution in [3.63, 3.8) is 0 Å². The molecule has 0 saturated carbocycles. The Hall–Kier alpha value is -1.59. The number of rotatable bonds is 14. The van der Waals surface area contributed by atoms with Crippen molar-refractivity contribution >= 4 is 18.1 Å². The molecule has 24 heavy (non-hydrogen) atoms. The predicted molar refractivity (Wildman–Crippen MR) is 103 cm³/mol. The summed E-state index contributed by atoms with van der Waals surface area (Å²) >= 11 is 0. The van der Waals surface area contributed by atoms with Crippen LogP contribution in [0.1, 0.15) is 97.3 Å². The molecule has 0 amide bonds. The fourth-order valence-corrected chi connectivity index (χ4v) is 2.08. The van der Waals surface area contributed by atoms with Crippen molar-refractivity contribution in [2.24, 2.45) is 10.8 Å². The Bertz CT molecular complexity index is 320. The zero-order valence-electron chi connectivity index (χ0n) is 15.6. The summed E-state index contributed by atoms with van der Waals surface area (Å²) in [7, 11) is 0. The Morgan fingerprint density at radius 2 is 1.50 bits per heavy atom. The number of hydrogen-bond acceptors (Lipinski definition) is 3. The molecular weight excluding hydrogens is 304 g/mol. The van der Waals surface area contributed by atoms with E-state index in [1.165, 1.54) is 51.4 Å². The van der Waals surface area contributed by atoms with Gasteiger partial charge >= 0.3 is 5.97 Å². The SMILES string of the molecule is CCCCCC(=O)O.CCCCCCCCCCC=NNC(=N)N. The summed E-state index contributed by atoms with van der Waals surface area (Å²) in [6, 6.07) is 0. The van der Waals surface area contributed by atoms with E-state index in [0.29, 0.717) is 6.42 Å². The second-order valence-corrected chi connectivity index (χ2v) is 5.95. The Balaban J connectivity index is 0. The second-order valence-electron chi connectivity index (χ2n) is 5.95. The number of nitrogens with two attached hydrogens (primary N) is 1. The van der Waals surface area contributed by atoms with E-state index in [1.807, 2.05) is 0 Å². The highest BCUT2D eigenvalue weighted by Gasteiger charge is 1.93. The topological polar surface area (TPSA) is 112 Å². The van der Waals surface area contributed by atoms with Gasteiger partial charge in [-0.3, -0.25) is 10.2 Å². The molecule has 0 rings (SSSR count). The van der Waals surface area contributed by atoms with Crippen LogP contribution in [0.15, 0.2) is 5.10 Å². The van der Waals surface area contributed by atoms with E-state index >= 15 is 0 Å². The highest BCUT2D eigenvalue weighted by molar-refractivity contribution is 5.75. The third-order valence-corrected chi connectivity index (χ3v) is 3.46. The number of guanidine groups is 1. The molecule has 5 N–H and O–H groups in total. The van der Waals surface area contributed by atoms with Gasteiger partial charge < -0.3 is 10.8 Å². The molecule has 142 valence electrons. The first kappa shape index (κ1) is 24.7. The molecule has 0 aliphatic rings. The number of nitrogens with zero attached hydrogens (tertiary/aromatic N) is 1. The molecule has 0 atom stereocenters. The number of carbonyl (C=O) groups is 1. The number of aliphatic carboxylic acids is 1. The van der Waals surface area contributed by atoms with Gasteiger partial charge in [0.25, 0.3) is 0 Å². The fraction of sp³-hybridized carbons (Fsp3) is 0.833. The number of nitrogens with one attached hydrogen (secondary N) is 2. The number of carboxylic acid groups (broad SMARTS) is 1. The van der Waals surface area contributed by atoms with Gasteiger partial charge in [-0.25, -0.2) is 5.43 Å². The lowest BCUT2D eigenvalue weighted by Crippen LogP contribution is -2.25. The van der Waals surface area contributed by atoms with Crippen molar-refractivity contribution in [1.29, 1.82) is 5.41 Å². The van der Waals surface area contributed by atoms with Gasteiger partial charge in [0.2, 0.25) is 5.96 Å². The molecule has 0 bridgehead atoms. The summed E-state index contributed by atoms with van der Waals surface area (Å²) in [5, 5.41) is 18.8. The molecule has 0 aromatic carbocycles. The summed E-state index contributed by atoms with van der Waals surface area (Å²) < 4.78 is 0. The predicted octanol–water partition coefficient (Wildman–Crippen LogP) is 4.64. The zero-order chi connectivity index (χ0) is 18.5. The molecule has 0 aromatic heterocycles. The lowest BCUT2D eigenvalue weighted by atomic mass is 10.1. The zero-order valence-corrected chi connectivity index (χ0v) is 15.6. The molecule has 0 aromatic rings. The lowest BCUT2D eigenvalue weighted by molar-refractivity contribution is -0.137. The van der Waals surface area contributed by atoms with Crippen molar-refractivity contribution in [3.05, 3.63) is 0 Å². The minimum absolute atomic E-state index is 0.104. The van der Waals surface area contributed by atoms with Crippen molar-refractivity contribution < 1.29 is 9.90 Å². The van der Waals surface area contributed by atoms with Crippen LogP contribution in [0.25, 0.3) is 0 Å². The van der Waals surface area contributed by atoms with Gasteiger partial charge in [0.1, 0.15) is 0 Å². The van der Waals surface area contributed by atoms with Crippen LogP contribution in [-0.4, -0.2) is 23.2 Å². The third-order valence-electron chi connectivity index (χ3n) is 3.46. The smallest absolute Gasteiger partial charge is 0.303 e. The Morgan fingerprint density at radius 3 is 2.00 bits per heavy atom. The lowest BCUT2D eigenvalue weighted by Gasteiger charge is -1.99. The van der Waals surface area contributed by atoms with Crippen molar-refractivity contribution in [3.8, 4) is 0 Å². The minimum Gasteiger partial charge on any atom is -0.481 e. The Labute approximate surface area is 147 Å². The van der Waals surface area contributed by atoms with Gasteiger partial charge in [0.15, 0.2) is 0 Å². The first-order chi connectivity index (χ1) is 11.5. The maximum atomic E-state index is 9.87. The van der Waals surface area contributed by atoms with Crippen molar-refractivity contribution in [2.45, 2.75) is 97.3 Å². The number of carboxylic acids is 1. The molecule has 0 saturated heterocycles. The Morgan fingerprint density at radius 1 is 1.00 bits per heavy atom.